The highest BCUT2D eigenvalue weighted by Gasteiger charge is 2.17. The third kappa shape index (κ3) is 3.82. The molecule has 0 unspecified atom stereocenters. The second-order valence-electron chi connectivity index (χ2n) is 3.15. The number of rotatable bonds is 3. The van der Waals surface area contributed by atoms with Crippen LogP contribution in [-0.4, -0.2) is 24.3 Å². The predicted molar refractivity (Wildman–Crippen MR) is 40.2 cm³/mol. The molecule has 0 aromatic carbocycles. The topological polar surface area (TPSA) is 21.7 Å². The highest BCUT2D eigenvalue weighted by Crippen LogP contribution is 2.10. The minimum absolute atomic E-state index is 0.00479. The molecule has 0 amide bonds. The highest BCUT2D eigenvalue weighted by atomic mass is 17.3. The van der Waals surface area contributed by atoms with E-state index in [0.29, 0.717) is 6.61 Å². The Morgan fingerprint density at radius 3 is 2.10 bits per heavy atom. The fourth-order valence-electron chi connectivity index (χ4n) is 0.244. The van der Waals surface area contributed by atoms with Crippen molar-refractivity contribution in [1.29, 1.82) is 0 Å². The molecular formula is C7H17NO2. The van der Waals surface area contributed by atoms with Crippen LogP contribution < -0.4 is 0 Å². The van der Waals surface area contributed by atoms with E-state index in [1.807, 2.05) is 34.7 Å². The lowest BCUT2D eigenvalue weighted by Crippen LogP contribution is -2.37. The van der Waals surface area contributed by atoms with Gasteiger partial charge < -0.3 is 0 Å². The fraction of sp³-hybridized carbons (Fsp3) is 1.00. The van der Waals surface area contributed by atoms with Crippen molar-refractivity contribution >= 4 is 0 Å². The van der Waals surface area contributed by atoms with E-state index in [4.69, 9.17) is 9.88 Å². The van der Waals surface area contributed by atoms with E-state index in [-0.39, 0.29) is 5.54 Å². The molecule has 0 aliphatic rings. The van der Waals surface area contributed by atoms with E-state index in [1.54, 1.807) is 5.06 Å². The van der Waals surface area contributed by atoms with Crippen LogP contribution in [0, 0.1) is 0 Å². The maximum atomic E-state index is 4.89. The van der Waals surface area contributed by atoms with E-state index >= 15 is 0 Å². The zero-order valence-corrected chi connectivity index (χ0v) is 7.47. The van der Waals surface area contributed by atoms with Crippen LogP contribution in [0.25, 0.3) is 0 Å². The largest absolute Gasteiger partial charge is 0.218 e. The number of hydrogen-bond acceptors (Lipinski definition) is 3. The molecule has 0 aromatic heterocycles. The molecular weight excluding hydrogens is 130 g/mol. The van der Waals surface area contributed by atoms with Gasteiger partial charge in [0.15, 0.2) is 0 Å². The van der Waals surface area contributed by atoms with Crippen LogP contribution in [0.2, 0.25) is 0 Å². The van der Waals surface area contributed by atoms with Crippen LogP contribution in [-0.2, 0) is 9.88 Å². The van der Waals surface area contributed by atoms with Gasteiger partial charge in [0.1, 0.15) is 0 Å². The van der Waals surface area contributed by atoms with Crippen molar-refractivity contribution in [1.82, 2.24) is 5.06 Å². The Morgan fingerprint density at radius 1 is 1.30 bits per heavy atom. The molecule has 0 atom stereocenters. The lowest BCUT2D eigenvalue weighted by atomic mass is 10.1. The van der Waals surface area contributed by atoms with Crippen LogP contribution in [0.1, 0.15) is 27.7 Å². The zero-order chi connectivity index (χ0) is 8.20. The van der Waals surface area contributed by atoms with Crippen LogP contribution >= 0.6 is 0 Å². The van der Waals surface area contributed by atoms with E-state index < -0.39 is 0 Å². The zero-order valence-electron chi connectivity index (χ0n) is 7.47. The third-order valence-corrected chi connectivity index (χ3v) is 1.23. The molecule has 3 nitrogen and oxygen atoms in total. The van der Waals surface area contributed by atoms with Crippen LogP contribution in [0.3, 0.4) is 0 Å². The second kappa shape index (κ2) is 3.91. The number of hydrogen-bond donors (Lipinski definition) is 0. The molecule has 0 aromatic rings. The summed E-state index contributed by atoms with van der Waals surface area (Å²) in [6, 6.07) is 0. The molecule has 0 radical (unpaired) electrons. The lowest BCUT2D eigenvalue weighted by molar-refractivity contribution is -0.436. The van der Waals surface area contributed by atoms with Crippen molar-refractivity contribution in [3.05, 3.63) is 0 Å². The lowest BCUT2D eigenvalue weighted by Gasteiger charge is -2.28. The van der Waals surface area contributed by atoms with Crippen molar-refractivity contribution in [3.63, 3.8) is 0 Å². The van der Waals surface area contributed by atoms with Crippen LogP contribution in [0.5, 0.6) is 0 Å². The van der Waals surface area contributed by atoms with Crippen molar-refractivity contribution in [2.24, 2.45) is 0 Å². The molecule has 0 N–H and O–H groups in total. The Morgan fingerprint density at radius 2 is 1.80 bits per heavy atom. The van der Waals surface area contributed by atoms with Crippen molar-refractivity contribution < 1.29 is 9.88 Å². The molecule has 0 rings (SSSR count). The molecule has 0 fully saturated rings. The molecule has 0 saturated carbocycles. The molecule has 0 bridgehead atoms. The van der Waals surface area contributed by atoms with E-state index in [2.05, 4.69) is 0 Å². The summed E-state index contributed by atoms with van der Waals surface area (Å²) < 4.78 is 0. The first-order valence-electron chi connectivity index (χ1n) is 3.52. The fourth-order valence-corrected chi connectivity index (χ4v) is 0.244. The summed E-state index contributed by atoms with van der Waals surface area (Å²) in [5.41, 5.74) is -0.00479. The summed E-state index contributed by atoms with van der Waals surface area (Å²) in [5.74, 6) is 0. The quantitative estimate of drug-likeness (QED) is 0.447. The minimum atomic E-state index is -0.00479. The Hall–Kier alpha value is -0.120. The van der Waals surface area contributed by atoms with Crippen molar-refractivity contribution in [2.45, 2.75) is 33.2 Å². The number of hydroxylamine groups is 2. The highest BCUT2D eigenvalue weighted by molar-refractivity contribution is 4.65. The van der Waals surface area contributed by atoms with Gasteiger partial charge in [0.2, 0.25) is 0 Å². The molecule has 0 aliphatic heterocycles. The standard InChI is InChI=1S/C7H17NO2/c1-6-9-10-8(5)7(2,3)4/h6H2,1-5H3. The summed E-state index contributed by atoms with van der Waals surface area (Å²) in [5, 5.41) is 1.68. The van der Waals surface area contributed by atoms with Crippen molar-refractivity contribution in [2.75, 3.05) is 13.7 Å². The van der Waals surface area contributed by atoms with Crippen LogP contribution in [0.15, 0.2) is 0 Å². The molecule has 0 saturated heterocycles. The maximum Gasteiger partial charge on any atom is 0.0814 e. The monoisotopic (exact) mass is 147 g/mol. The molecule has 0 spiro atoms. The molecule has 3 heteroatoms. The van der Waals surface area contributed by atoms with Gasteiger partial charge in [-0.15, -0.1) is 4.99 Å². The molecule has 10 heavy (non-hydrogen) atoms. The van der Waals surface area contributed by atoms with Gasteiger partial charge in [-0.2, -0.15) is 5.06 Å². The molecule has 0 heterocycles. The van der Waals surface area contributed by atoms with Gasteiger partial charge >= 0.3 is 0 Å². The summed E-state index contributed by atoms with van der Waals surface area (Å²) >= 11 is 0. The summed E-state index contributed by atoms with van der Waals surface area (Å²) in [6.07, 6.45) is 0. The molecule has 0 aliphatic carbocycles. The summed E-state index contributed by atoms with van der Waals surface area (Å²) in [4.78, 5) is 9.64. The third-order valence-electron chi connectivity index (χ3n) is 1.23. The van der Waals surface area contributed by atoms with Gasteiger partial charge in [-0.05, 0) is 27.7 Å². The van der Waals surface area contributed by atoms with Crippen molar-refractivity contribution in [3.8, 4) is 0 Å². The van der Waals surface area contributed by atoms with E-state index in [1.165, 1.54) is 0 Å². The predicted octanol–water partition coefficient (Wildman–Crippen LogP) is 1.60. The average Bonchev–Trinajstić information content (AvgIpc) is 1.80. The minimum Gasteiger partial charge on any atom is -0.218 e. The Balaban J connectivity index is 3.52. The molecule has 62 valence electrons. The summed E-state index contributed by atoms with van der Waals surface area (Å²) in [6.45, 7) is 8.60. The van der Waals surface area contributed by atoms with Gasteiger partial charge in [-0.3, -0.25) is 0 Å². The van der Waals surface area contributed by atoms with Gasteiger partial charge in [0.05, 0.1) is 6.61 Å². The van der Waals surface area contributed by atoms with Gasteiger partial charge in [-0.1, -0.05) is 0 Å². The first-order valence-corrected chi connectivity index (χ1v) is 3.52. The Bertz CT molecular complexity index is 88.1. The van der Waals surface area contributed by atoms with E-state index in [9.17, 15) is 0 Å². The normalized spacial score (nSPS) is 12.6. The Kier molecular flexibility index (Phi) is 3.86. The average molecular weight is 147 g/mol. The van der Waals surface area contributed by atoms with E-state index in [0.717, 1.165) is 0 Å². The maximum absolute atomic E-state index is 4.89. The Labute approximate surface area is 62.8 Å². The number of nitrogens with zero attached hydrogens (tertiary/aromatic N) is 1. The first kappa shape index (κ1) is 9.88. The van der Waals surface area contributed by atoms with Gasteiger partial charge in [0, 0.05) is 12.6 Å². The second-order valence-corrected chi connectivity index (χ2v) is 3.15. The SMILES string of the molecule is CCOON(C)C(C)(C)C. The van der Waals surface area contributed by atoms with Gasteiger partial charge in [-0.25, -0.2) is 4.89 Å². The van der Waals surface area contributed by atoms with Gasteiger partial charge in [0.25, 0.3) is 0 Å². The smallest absolute Gasteiger partial charge is 0.0814 e. The summed E-state index contributed by atoms with van der Waals surface area (Å²) in [7, 11) is 1.84. The van der Waals surface area contributed by atoms with Crippen LogP contribution in [0.4, 0.5) is 0 Å². The first-order chi connectivity index (χ1) is 4.48.